The fourth-order valence-electron chi connectivity index (χ4n) is 2.38. The molecule has 1 heterocycles. The van der Waals surface area contributed by atoms with Crippen LogP contribution in [0, 0.1) is 0 Å². The summed E-state index contributed by atoms with van der Waals surface area (Å²) in [6, 6.07) is 9.86. The lowest BCUT2D eigenvalue weighted by Crippen LogP contribution is -2.41. The molecule has 2 amide bonds. The van der Waals surface area contributed by atoms with Crippen LogP contribution in [-0.2, 0) is 9.84 Å². The van der Waals surface area contributed by atoms with E-state index in [9.17, 15) is 13.2 Å². The van der Waals surface area contributed by atoms with Crippen molar-refractivity contribution in [3.05, 3.63) is 30.3 Å². The van der Waals surface area contributed by atoms with E-state index >= 15 is 0 Å². The van der Waals surface area contributed by atoms with Crippen molar-refractivity contribution in [3.63, 3.8) is 0 Å². The van der Waals surface area contributed by atoms with Crippen molar-refractivity contribution in [3.8, 4) is 0 Å². The van der Waals surface area contributed by atoms with Crippen LogP contribution in [0.25, 0.3) is 0 Å². The Kier molecular flexibility index (Phi) is 5.74. The highest BCUT2D eigenvalue weighted by atomic mass is 32.2. The number of carbonyl (C=O) groups excluding carboxylic acids is 1. The number of sulfone groups is 1. The van der Waals surface area contributed by atoms with Gasteiger partial charge in [-0.05, 0) is 18.6 Å². The molecule has 22 heavy (non-hydrogen) atoms. The summed E-state index contributed by atoms with van der Waals surface area (Å²) in [4.78, 5) is 14.8. The van der Waals surface area contributed by atoms with E-state index in [1.165, 1.54) is 11.2 Å². The second-order valence-electron chi connectivity index (χ2n) is 5.61. The van der Waals surface area contributed by atoms with Crippen LogP contribution in [0.2, 0.25) is 0 Å². The molecule has 1 aliphatic heterocycles. The van der Waals surface area contributed by atoms with Crippen LogP contribution in [0.4, 0.5) is 4.79 Å². The Balaban J connectivity index is 1.76. The van der Waals surface area contributed by atoms with Crippen LogP contribution in [0.15, 0.2) is 35.2 Å². The van der Waals surface area contributed by atoms with Crippen LogP contribution < -0.4 is 5.32 Å². The first-order chi connectivity index (χ1) is 10.4. The smallest absolute Gasteiger partial charge is 0.317 e. The minimum absolute atomic E-state index is 0.174. The van der Waals surface area contributed by atoms with Crippen LogP contribution >= 0.6 is 11.8 Å². The minimum Gasteiger partial charge on any atom is -0.337 e. The number of benzene rings is 1. The summed E-state index contributed by atoms with van der Waals surface area (Å²) >= 11 is 1.70. The maximum absolute atomic E-state index is 12.1. The van der Waals surface area contributed by atoms with E-state index in [4.69, 9.17) is 0 Å². The van der Waals surface area contributed by atoms with Gasteiger partial charge in [-0.25, -0.2) is 13.2 Å². The average molecular weight is 342 g/mol. The van der Waals surface area contributed by atoms with Crippen LogP contribution in [-0.4, -0.2) is 55.7 Å². The van der Waals surface area contributed by atoms with Gasteiger partial charge in [0.05, 0.1) is 5.25 Å². The maximum Gasteiger partial charge on any atom is 0.317 e. The predicted molar refractivity (Wildman–Crippen MR) is 90.0 cm³/mol. The molecule has 0 aromatic heterocycles. The summed E-state index contributed by atoms with van der Waals surface area (Å²) in [5, 5.41) is 2.72. The number of amides is 2. The van der Waals surface area contributed by atoms with E-state index in [1.54, 1.807) is 16.7 Å². The molecule has 122 valence electrons. The zero-order valence-corrected chi connectivity index (χ0v) is 14.5. The van der Waals surface area contributed by atoms with E-state index in [-0.39, 0.29) is 11.3 Å². The molecule has 1 N–H and O–H groups in total. The topological polar surface area (TPSA) is 66.5 Å². The number of urea groups is 1. The molecule has 1 fully saturated rings. The second-order valence-corrected chi connectivity index (χ2v) is 9.45. The second kappa shape index (κ2) is 7.37. The van der Waals surface area contributed by atoms with E-state index in [0.717, 1.165) is 0 Å². The zero-order valence-electron chi connectivity index (χ0n) is 12.9. The predicted octanol–water partition coefficient (Wildman–Crippen LogP) is 2.00. The molecule has 0 spiro atoms. The Labute approximate surface area is 136 Å². The third-order valence-corrected chi connectivity index (χ3v) is 6.37. The van der Waals surface area contributed by atoms with Crippen molar-refractivity contribution >= 4 is 27.6 Å². The lowest BCUT2D eigenvalue weighted by atomic mass is 10.4. The van der Waals surface area contributed by atoms with Gasteiger partial charge in [-0.1, -0.05) is 25.1 Å². The third-order valence-electron chi connectivity index (χ3n) is 3.66. The molecule has 0 radical (unpaired) electrons. The summed E-state index contributed by atoms with van der Waals surface area (Å²) in [5.41, 5.74) is 0. The van der Waals surface area contributed by atoms with Gasteiger partial charge in [-0.2, -0.15) is 0 Å². The molecule has 1 aromatic carbocycles. The quantitative estimate of drug-likeness (QED) is 0.831. The number of nitrogens with one attached hydrogen (secondary N) is 1. The van der Waals surface area contributed by atoms with Gasteiger partial charge in [-0.15, -0.1) is 11.8 Å². The first-order valence-electron chi connectivity index (χ1n) is 7.29. The number of thioether (sulfide) groups is 1. The Bertz CT molecular complexity index is 604. The third kappa shape index (κ3) is 4.91. The Hall–Kier alpha value is -1.21. The number of nitrogens with zero attached hydrogens (tertiary/aromatic N) is 1. The molecular formula is C15H22N2O3S2. The van der Waals surface area contributed by atoms with Crippen molar-refractivity contribution in [2.75, 3.05) is 25.9 Å². The van der Waals surface area contributed by atoms with Crippen molar-refractivity contribution in [2.45, 2.75) is 28.7 Å². The number of likely N-dealkylation sites (tertiary alicyclic amines) is 1. The molecule has 5 nitrogen and oxygen atoms in total. The summed E-state index contributed by atoms with van der Waals surface area (Å²) in [6.45, 7) is 3.41. The summed E-state index contributed by atoms with van der Waals surface area (Å²) < 4.78 is 23.0. The van der Waals surface area contributed by atoms with Crippen molar-refractivity contribution in [1.82, 2.24) is 10.2 Å². The van der Waals surface area contributed by atoms with E-state index < -0.39 is 15.1 Å². The molecule has 2 rings (SSSR count). The molecular weight excluding hydrogens is 320 g/mol. The normalized spacial score (nSPS) is 19.9. The summed E-state index contributed by atoms with van der Waals surface area (Å²) in [7, 11) is -3.07. The van der Waals surface area contributed by atoms with Crippen LogP contribution in [0.3, 0.4) is 0 Å². The largest absolute Gasteiger partial charge is 0.337 e. The van der Waals surface area contributed by atoms with E-state index in [0.29, 0.717) is 26.1 Å². The molecule has 0 saturated carbocycles. The summed E-state index contributed by atoms with van der Waals surface area (Å²) in [5.74, 6) is 0. The number of rotatable bonds is 5. The number of hydrogen-bond donors (Lipinski definition) is 1. The fourth-order valence-corrected chi connectivity index (χ4v) is 4.31. The highest BCUT2D eigenvalue weighted by molar-refractivity contribution is 8.00. The average Bonchev–Trinajstić information content (AvgIpc) is 2.96. The van der Waals surface area contributed by atoms with E-state index in [2.05, 4.69) is 12.2 Å². The van der Waals surface area contributed by atoms with E-state index in [1.807, 2.05) is 30.3 Å². The van der Waals surface area contributed by atoms with Crippen molar-refractivity contribution in [2.24, 2.45) is 0 Å². The van der Waals surface area contributed by atoms with Gasteiger partial charge in [0.2, 0.25) is 0 Å². The van der Waals surface area contributed by atoms with Gasteiger partial charge in [0.25, 0.3) is 0 Å². The number of hydrogen-bond acceptors (Lipinski definition) is 4. The standard InChI is InChI=1S/C15H22N2O3S2/c1-12(21-13-6-4-3-5-7-13)10-16-15(18)17-9-8-14(11-17)22(2,19)20/h3-7,12,14H,8-11H2,1-2H3,(H,16,18). The van der Waals surface area contributed by atoms with Gasteiger partial charge in [0.15, 0.2) is 9.84 Å². The number of carbonyl (C=O) groups is 1. The molecule has 0 aliphatic carbocycles. The van der Waals surface area contributed by atoms with Gasteiger partial charge < -0.3 is 10.2 Å². The molecule has 0 bridgehead atoms. The Morgan fingerprint density at radius 3 is 2.68 bits per heavy atom. The molecule has 2 atom stereocenters. The molecule has 1 saturated heterocycles. The first-order valence-corrected chi connectivity index (χ1v) is 10.1. The van der Waals surface area contributed by atoms with Crippen molar-refractivity contribution in [1.29, 1.82) is 0 Å². The van der Waals surface area contributed by atoms with Gasteiger partial charge >= 0.3 is 6.03 Å². The van der Waals surface area contributed by atoms with Gasteiger partial charge in [-0.3, -0.25) is 0 Å². The minimum atomic E-state index is -3.07. The zero-order chi connectivity index (χ0) is 16.2. The monoisotopic (exact) mass is 342 g/mol. The SMILES string of the molecule is CC(CNC(=O)N1CCC(S(C)(=O)=O)C1)Sc1ccccc1. The lowest BCUT2D eigenvalue weighted by Gasteiger charge is -2.19. The highest BCUT2D eigenvalue weighted by Gasteiger charge is 2.32. The lowest BCUT2D eigenvalue weighted by molar-refractivity contribution is 0.209. The fraction of sp³-hybridized carbons (Fsp3) is 0.533. The Morgan fingerprint density at radius 2 is 2.09 bits per heavy atom. The highest BCUT2D eigenvalue weighted by Crippen LogP contribution is 2.22. The van der Waals surface area contributed by atoms with Gasteiger partial charge in [0, 0.05) is 36.0 Å². The molecule has 2 unspecified atom stereocenters. The summed E-state index contributed by atoms with van der Waals surface area (Å²) in [6.07, 6.45) is 1.76. The maximum atomic E-state index is 12.1. The molecule has 1 aliphatic rings. The first kappa shape index (κ1) is 17.1. The van der Waals surface area contributed by atoms with Gasteiger partial charge in [0.1, 0.15) is 0 Å². The Morgan fingerprint density at radius 1 is 1.41 bits per heavy atom. The van der Waals surface area contributed by atoms with Crippen LogP contribution in [0.1, 0.15) is 13.3 Å². The molecule has 1 aromatic rings. The van der Waals surface area contributed by atoms with Crippen molar-refractivity contribution < 1.29 is 13.2 Å². The molecule has 7 heteroatoms. The van der Waals surface area contributed by atoms with Crippen LogP contribution in [0.5, 0.6) is 0 Å².